The third-order valence-electron chi connectivity index (χ3n) is 2.47. The molecule has 0 atom stereocenters. The molecule has 7 heteroatoms. The predicted octanol–water partition coefficient (Wildman–Crippen LogP) is 3.99. The Morgan fingerprint density at radius 2 is 2.00 bits per heavy atom. The number of benzene rings is 2. The highest BCUT2D eigenvalue weighted by atomic mass is 35.5. The van der Waals surface area contributed by atoms with E-state index in [2.05, 4.69) is 0 Å². The number of aldehydes is 1. The molecule has 5 nitrogen and oxygen atoms in total. The van der Waals surface area contributed by atoms with Gasteiger partial charge in [-0.05, 0) is 24.3 Å². The molecule has 0 aliphatic rings. The van der Waals surface area contributed by atoms with Crippen molar-refractivity contribution >= 4 is 23.6 Å². The van der Waals surface area contributed by atoms with Crippen molar-refractivity contribution in [3.8, 4) is 11.5 Å². The Kier molecular flexibility index (Phi) is 3.95. The fourth-order valence-corrected chi connectivity index (χ4v) is 1.72. The lowest BCUT2D eigenvalue weighted by Gasteiger charge is -2.08. The molecular formula is C13H7ClFNO4. The van der Waals surface area contributed by atoms with E-state index in [1.807, 2.05) is 0 Å². The first-order chi connectivity index (χ1) is 9.52. The number of halogens is 2. The van der Waals surface area contributed by atoms with Gasteiger partial charge in [0.05, 0.1) is 10.5 Å². The first kappa shape index (κ1) is 14.0. The van der Waals surface area contributed by atoms with Gasteiger partial charge in [0.1, 0.15) is 11.6 Å². The molecule has 0 aliphatic carbocycles. The fraction of sp³-hybridized carbons (Fsp3) is 0. The summed E-state index contributed by atoms with van der Waals surface area (Å²) in [6, 6.07) is 7.54. The first-order valence-electron chi connectivity index (χ1n) is 5.38. The van der Waals surface area contributed by atoms with Gasteiger partial charge >= 0.3 is 5.69 Å². The molecule has 0 aliphatic heterocycles. The Labute approximate surface area is 117 Å². The zero-order valence-corrected chi connectivity index (χ0v) is 10.6. The SMILES string of the molecule is O=Cc1c(F)cccc1Oc1ccc(Cl)cc1[N+](=O)[O-]. The quantitative estimate of drug-likeness (QED) is 0.486. The zero-order valence-electron chi connectivity index (χ0n) is 9.88. The normalized spacial score (nSPS) is 10.1. The largest absolute Gasteiger partial charge is 0.449 e. The molecule has 2 aromatic carbocycles. The van der Waals surface area contributed by atoms with Crippen LogP contribution in [0.1, 0.15) is 10.4 Å². The highest BCUT2D eigenvalue weighted by Gasteiger charge is 2.18. The number of hydrogen-bond acceptors (Lipinski definition) is 4. The highest BCUT2D eigenvalue weighted by Crippen LogP contribution is 2.34. The minimum atomic E-state index is -0.769. The summed E-state index contributed by atoms with van der Waals surface area (Å²) in [4.78, 5) is 21.1. The van der Waals surface area contributed by atoms with Crippen LogP contribution >= 0.6 is 11.6 Å². The van der Waals surface area contributed by atoms with Crippen molar-refractivity contribution < 1.29 is 18.8 Å². The number of hydrogen-bond donors (Lipinski definition) is 0. The average Bonchev–Trinajstić information content (AvgIpc) is 2.41. The van der Waals surface area contributed by atoms with Crippen LogP contribution in [0.5, 0.6) is 11.5 Å². The van der Waals surface area contributed by atoms with E-state index >= 15 is 0 Å². The number of ether oxygens (including phenoxy) is 1. The van der Waals surface area contributed by atoms with Crippen molar-refractivity contribution in [2.45, 2.75) is 0 Å². The summed E-state index contributed by atoms with van der Waals surface area (Å²) in [5.74, 6) is -1.01. The van der Waals surface area contributed by atoms with Crippen molar-refractivity contribution in [1.82, 2.24) is 0 Å². The maximum absolute atomic E-state index is 13.4. The Bertz CT molecular complexity index is 690. The first-order valence-corrected chi connectivity index (χ1v) is 5.76. The van der Waals surface area contributed by atoms with Crippen LogP contribution in [-0.4, -0.2) is 11.2 Å². The maximum atomic E-state index is 13.4. The minimum Gasteiger partial charge on any atom is -0.449 e. The molecule has 0 aromatic heterocycles. The summed E-state index contributed by atoms with van der Waals surface area (Å²) >= 11 is 5.67. The molecule has 20 heavy (non-hydrogen) atoms. The molecule has 0 spiro atoms. The van der Waals surface area contributed by atoms with Crippen LogP contribution in [0.2, 0.25) is 5.02 Å². The Balaban J connectivity index is 2.48. The van der Waals surface area contributed by atoms with Crippen LogP contribution in [0.25, 0.3) is 0 Å². The van der Waals surface area contributed by atoms with E-state index in [0.717, 1.165) is 12.1 Å². The van der Waals surface area contributed by atoms with Crippen molar-refractivity contribution in [3.63, 3.8) is 0 Å². The molecule has 0 radical (unpaired) electrons. The van der Waals surface area contributed by atoms with Crippen molar-refractivity contribution in [1.29, 1.82) is 0 Å². The van der Waals surface area contributed by atoms with E-state index in [0.29, 0.717) is 0 Å². The van der Waals surface area contributed by atoms with E-state index in [1.54, 1.807) is 0 Å². The van der Waals surface area contributed by atoms with Crippen LogP contribution < -0.4 is 4.74 Å². The van der Waals surface area contributed by atoms with Crippen molar-refractivity contribution in [2.24, 2.45) is 0 Å². The Morgan fingerprint density at radius 1 is 1.25 bits per heavy atom. The summed E-state index contributed by atoms with van der Waals surface area (Å²) in [7, 11) is 0. The standard InChI is InChI=1S/C13H7ClFNO4/c14-8-4-5-13(11(6-8)16(18)19)20-12-3-1-2-10(15)9(12)7-17/h1-7H. The van der Waals surface area contributed by atoms with Gasteiger partial charge in [-0.25, -0.2) is 4.39 Å². The molecule has 2 rings (SSSR count). The number of nitro groups is 1. The van der Waals surface area contributed by atoms with Gasteiger partial charge in [-0.1, -0.05) is 17.7 Å². The van der Waals surface area contributed by atoms with Crippen molar-refractivity contribution in [3.05, 3.63) is 62.9 Å². The van der Waals surface area contributed by atoms with Gasteiger partial charge in [0.25, 0.3) is 0 Å². The molecule has 0 amide bonds. The van der Waals surface area contributed by atoms with Gasteiger partial charge in [0, 0.05) is 11.1 Å². The lowest BCUT2D eigenvalue weighted by Crippen LogP contribution is -1.97. The number of carbonyl (C=O) groups excluding carboxylic acids is 1. The molecule has 0 fully saturated rings. The minimum absolute atomic E-state index is 0.106. The molecule has 0 bridgehead atoms. The molecule has 102 valence electrons. The van der Waals surface area contributed by atoms with Crippen molar-refractivity contribution in [2.75, 3.05) is 0 Å². The van der Waals surface area contributed by atoms with Gasteiger partial charge in [0.2, 0.25) is 5.75 Å². The summed E-state index contributed by atoms with van der Waals surface area (Å²) < 4.78 is 18.7. The summed E-state index contributed by atoms with van der Waals surface area (Å²) in [5.41, 5.74) is -0.685. The van der Waals surface area contributed by atoms with Crippen LogP contribution in [0.3, 0.4) is 0 Å². The van der Waals surface area contributed by atoms with Gasteiger partial charge in [-0.2, -0.15) is 0 Å². The third-order valence-corrected chi connectivity index (χ3v) is 2.70. The van der Waals surface area contributed by atoms with E-state index in [-0.39, 0.29) is 34.1 Å². The van der Waals surface area contributed by atoms with E-state index < -0.39 is 10.7 Å². The molecule has 0 saturated heterocycles. The lowest BCUT2D eigenvalue weighted by molar-refractivity contribution is -0.385. The summed E-state index contributed by atoms with van der Waals surface area (Å²) in [6.07, 6.45) is 0.284. The van der Waals surface area contributed by atoms with Gasteiger partial charge in [-0.15, -0.1) is 0 Å². The maximum Gasteiger partial charge on any atom is 0.313 e. The smallest absolute Gasteiger partial charge is 0.313 e. The summed E-state index contributed by atoms with van der Waals surface area (Å²) in [6.45, 7) is 0. The predicted molar refractivity (Wildman–Crippen MR) is 70.0 cm³/mol. The van der Waals surface area contributed by atoms with E-state index in [9.17, 15) is 19.3 Å². The molecule has 0 heterocycles. The molecular weight excluding hydrogens is 289 g/mol. The third kappa shape index (κ3) is 2.75. The second-order valence-corrected chi connectivity index (χ2v) is 4.18. The topological polar surface area (TPSA) is 69.4 Å². The number of rotatable bonds is 4. The average molecular weight is 296 g/mol. The number of carbonyl (C=O) groups is 1. The van der Waals surface area contributed by atoms with Crippen LogP contribution in [0.15, 0.2) is 36.4 Å². The lowest BCUT2D eigenvalue weighted by atomic mass is 10.2. The fourth-order valence-electron chi connectivity index (χ4n) is 1.56. The van der Waals surface area contributed by atoms with Crippen LogP contribution in [0, 0.1) is 15.9 Å². The van der Waals surface area contributed by atoms with Gasteiger partial charge in [-0.3, -0.25) is 14.9 Å². The molecule has 0 N–H and O–H groups in total. The Morgan fingerprint density at radius 3 is 2.65 bits per heavy atom. The molecule has 0 unspecified atom stereocenters. The van der Waals surface area contributed by atoms with Crippen LogP contribution in [0.4, 0.5) is 10.1 Å². The summed E-state index contributed by atoms with van der Waals surface area (Å²) in [5, 5.41) is 11.1. The second-order valence-electron chi connectivity index (χ2n) is 3.74. The highest BCUT2D eigenvalue weighted by molar-refractivity contribution is 6.30. The number of nitrogens with zero attached hydrogens (tertiary/aromatic N) is 1. The monoisotopic (exact) mass is 295 g/mol. The second kappa shape index (κ2) is 5.66. The van der Waals surface area contributed by atoms with E-state index in [4.69, 9.17) is 16.3 Å². The molecule has 2 aromatic rings. The van der Waals surface area contributed by atoms with E-state index in [1.165, 1.54) is 24.3 Å². The Hall–Kier alpha value is -2.47. The number of nitro benzene ring substituents is 1. The van der Waals surface area contributed by atoms with Gasteiger partial charge in [0.15, 0.2) is 6.29 Å². The van der Waals surface area contributed by atoms with Crippen LogP contribution in [-0.2, 0) is 0 Å². The van der Waals surface area contributed by atoms with Gasteiger partial charge < -0.3 is 4.74 Å². The zero-order chi connectivity index (χ0) is 14.7. The molecule has 0 saturated carbocycles.